The van der Waals surface area contributed by atoms with Crippen LogP contribution in [0.3, 0.4) is 0 Å². The van der Waals surface area contributed by atoms with E-state index in [2.05, 4.69) is 26.1 Å². The van der Waals surface area contributed by atoms with Gasteiger partial charge in [0.1, 0.15) is 11.8 Å². The zero-order valence-electron chi connectivity index (χ0n) is 20.7. The third kappa shape index (κ3) is 6.83. The van der Waals surface area contributed by atoms with Gasteiger partial charge in [-0.05, 0) is 49.3 Å². The molecule has 5 nitrogen and oxygen atoms in total. The second kappa shape index (κ2) is 10.9. The van der Waals surface area contributed by atoms with Crippen molar-refractivity contribution < 1.29 is 14.3 Å². The standard InChI is InChI=1S/C28H38N2O3/c1-20-14-16-22(17-15-20)18-30(21(2)27(32)29-23-10-6-7-11-23)26(31)19-33-25-13-9-8-12-24(25)28(3,4)5/h8-9,12-17,21,23H,6-7,10-11,18-19H2,1-5H3,(H,29,32). The fourth-order valence-electron chi connectivity index (χ4n) is 4.30. The van der Waals surface area contributed by atoms with Gasteiger partial charge in [0.2, 0.25) is 5.91 Å². The molecule has 1 aliphatic rings. The van der Waals surface area contributed by atoms with Crippen LogP contribution in [0.15, 0.2) is 48.5 Å². The van der Waals surface area contributed by atoms with Crippen LogP contribution in [0.5, 0.6) is 5.75 Å². The number of carbonyl (C=O) groups is 2. The normalized spacial score (nSPS) is 15.2. The second-order valence-corrected chi connectivity index (χ2v) is 10.2. The Hall–Kier alpha value is -2.82. The predicted molar refractivity (Wildman–Crippen MR) is 132 cm³/mol. The largest absolute Gasteiger partial charge is 0.483 e. The first-order valence-electron chi connectivity index (χ1n) is 12.0. The average molecular weight is 451 g/mol. The van der Waals surface area contributed by atoms with E-state index in [0.29, 0.717) is 12.3 Å². The zero-order valence-corrected chi connectivity index (χ0v) is 20.7. The fraction of sp³-hybridized carbons (Fsp3) is 0.500. The molecule has 5 heteroatoms. The summed E-state index contributed by atoms with van der Waals surface area (Å²) in [6.45, 7) is 10.5. The van der Waals surface area contributed by atoms with Crippen LogP contribution in [-0.4, -0.2) is 35.4 Å². The minimum Gasteiger partial charge on any atom is -0.483 e. The van der Waals surface area contributed by atoms with Gasteiger partial charge in [-0.1, -0.05) is 81.6 Å². The molecule has 0 saturated heterocycles. The molecule has 2 aromatic carbocycles. The van der Waals surface area contributed by atoms with Crippen LogP contribution in [-0.2, 0) is 21.5 Å². The van der Waals surface area contributed by atoms with Gasteiger partial charge in [0.15, 0.2) is 6.61 Å². The van der Waals surface area contributed by atoms with E-state index in [9.17, 15) is 9.59 Å². The van der Waals surface area contributed by atoms with E-state index in [0.717, 1.165) is 42.4 Å². The SMILES string of the molecule is Cc1ccc(CN(C(=O)COc2ccccc2C(C)(C)C)C(C)C(=O)NC2CCCC2)cc1. The van der Waals surface area contributed by atoms with Gasteiger partial charge in [0, 0.05) is 12.6 Å². The molecule has 33 heavy (non-hydrogen) atoms. The van der Waals surface area contributed by atoms with E-state index >= 15 is 0 Å². The zero-order chi connectivity index (χ0) is 24.0. The number of rotatable bonds is 8. The maximum Gasteiger partial charge on any atom is 0.261 e. The highest BCUT2D eigenvalue weighted by molar-refractivity contribution is 5.88. The number of ether oxygens (including phenoxy) is 1. The number of amides is 2. The van der Waals surface area contributed by atoms with Crippen LogP contribution in [0.2, 0.25) is 0 Å². The van der Waals surface area contributed by atoms with Gasteiger partial charge in [-0.25, -0.2) is 0 Å². The van der Waals surface area contributed by atoms with Crippen molar-refractivity contribution in [1.82, 2.24) is 10.2 Å². The highest BCUT2D eigenvalue weighted by Gasteiger charge is 2.29. The smallest absolute Gasteiger partial charge is 0.261 e. The molecule has 1 fully saturated rings. The van der Waals surface area contributed by atoms with E-state index in [1.54, 1.807) is 11.8 Å². The summed E-state index contributed by atoms with van der Waals surface area (Å²) in [4.78, 5) is 28.0. The minimum atomic E-state index is -0.583. The average Bonchev–Trinajstić information content (AvgIpc) is 3.29. The van der Waals surface area contributed by atoms with E-state index in [4.69, 9.17) is 4.74 Å². The lowest BCUT2D eigenvalue weighted by molar-refractivity contribution is -0.142. The molecule has 3 rings (SSSR count). The first-order valence-corrected chi connectivity index (χ1v) is 12.0. The molecule has 0 radical (unpaired) electrons. The summed E-state index contributed by atoms with van der Waals surface area (Å²) in [5.74, 6) is 0.405. The highest BCUT2D eigenvalue weighted by atomic mass is 16.5. The fourth-order valence-corrected chi connectivity index (χ4v) is 4.30. The first kappa shape index (κ1) is 24.8. The number of carbonyl (C=O) groups excluding carboxylic acids is 2. The predicted octanol–water partition coefficient (Wildman–Crippen LogP) is 5.15. The molecule has 0 aliphatic heterocycles. The summed E-state index contributed by atoms with van der Waals surface area (Å²) in [7, 11) is 0. The van der Waals surface area contributed by atoms with E-state index in [1.807, 2.05) is 55.5 Å². The number of hydrogen-bond acceptors (Lipinski definition) is 3. The Morgan fingerprint density at radius 2 is 1.70 bits per heavy atom. The number of nitrogens with one attached hydrogen (secondary N) is 1. The van der Waals surface area contributed by atoms with Crippen molar-refractivity contribution >= 4 is 11.8 Å². The van der Waals surface area contributed by atoms with Crippen molar-refractivity contribution in [2.75, 3.05) is 6.61 Å². The van der Waals surface area contributed by atoms with E-state index in [1.165, 1.54) is 0 Å². The van der Waals surface area contributed by atoms with Crippen LogP contribution < -0.4 is 10.1 Å². The van der Waals surface area contributed by atoms with Crippen molar-refractivity contribution in [1.29, 1.82) is 0 Å². The van der Waals surface area contributed by atoms with Gasteiger partial charge in [-0.2, -0.15) is 0 Å². The third-order valence-corrected chi connectivity index (χ3v) is 6.39. The van der Waals surface area contributed by atoms with Gasteiger partial charge in [0.05, 0.1) is 0 Å². The lowest BCUT2D eigenvalue weighted by Gasteiger charge is -2.30. The molecular formula is C28H38N2O3. The molecule has 2 aromatic rings. The van der Waals surface area contributed by atoms with Gasteiger partial charge < -0.3 is 15.0 Å². The Labute approximate surface area is 198 Å². The van der Waals surface area contributed by atoms with Crippen molar-refractivity contribution in [3.63, 3.8) is 0 Å². The van der Waals surface area contributed by atoms with Crippen LogP contribution in [0.25, 0.3) is 0 Å². The van der Waals surface area contributed by atoms with Crippen LogP contribution >= 0.6 is 0 Å². The summed E-state index contributed by atoms with van der Waals surface area (Å²) in [5.41, 5.74) is 3.10. The van der Waals surface area contributed by atoms with Crippen LogP contribution in [0, 0.1) is 6.92 Å². The number of hydrogen-bond donors (Lipinski definition) is 1. The lowest BCUT2D eigenvalue weighted by Crippen LogP contribution is -2.50. The van der Waals surface area contributed by atoms with Crippen LogP contribution in [0.1, 0.15) is 70.1 Å². The van der Waals surface area contributed by atoms with Gasteiger partial charge in [-0.15, -0.1) is 0 Å². The molecule has 1 atom stereocenters. The first-order chi connectivity index (χ1) is 15.6. The van der Waals surface area contributed by atoms with Crippen molar-refractivity contribution in [2.24, 2.45) is 0 Å². The molecule has 0 bridgehead atoms. The molecule has 1 aliphatic carbocycles. The Morgan fingerprint density at radius 1 is 1.06 bits per heavy atom. The molecule has 0 spiro atoms. The molecule has 1 saturated carbocycles. The summed E-state index contributed by atoms with van der Waals surface area (Å²) in [6, 6.07) is 15.5. The molecule has 0 heterocycles. The lowest BCUT2D eigenvalue weighted by atomic mass is 9.86. The van der Waals surface area contributed by atoms with Crippen molar-refractivity contribution in [2.45, 2.75) is 84.3 Å². The quantitative estimate of drug-likeness (QED) is 0.605. The molecule has 2 amide bonds. The number of benzene rings is 2. The number of nitrogens with zero attached hydrogens (tertiary/aromatic N) is 1. The minimum absolute atomic E-state index is 0.0996. The van der Waals surface area contributed by atoms with E-state index in [-0.39, 0.29) is 29.9 Å². The van der Waals surface area contributed by atoms with Gasteiger partial charge >= 0.3 is 0 Å². The van der Waals surface area contributed by atoms with Gasteiger partial charge in [0.25, 0.3) is 5.91 Å². The Kier molecular flexibility index (Phi) is 8.17. The van der Waals surface area contributed by atoms with Crippen molar-refractivity contribution in [3.05, 3.63) is 65.2 Å². The second-order valence-electron chi connectivity index (χ2n) is 10.2. The molecule has 178 valence electrons. The number of para-hydroxylation sites is 1. The summed E-state index contributed by atoms with van der Waals surface area (Å²) < 4.78 is 6.00. The third-order valence-electron chi connectivity index (χ3n) is 6.39. The molecule has 1 unspecified atom stereocenters. The Balaban J connectivity index is 1.75. The van der Waals surface area contributed by atoms with Crippen molar-refractivity contribution in [3.8, 4) is 5.75 Å². The number of aryl methyl sites for hydroxylation is 1. The highest BCUT2D eigenvalue weighted by Crippen LogP contribution is 2.31. The molecular weight excluding hydrogens is 412 g/mol. The molecule has 1 N–H and O–H groups in total. The monoisotopic (exact) mass is 450 g/mol. The van der Waals surface area contributed by atoms with Gasteiger partial charge in [-0.3, -0.25) is 9.59 Å². The Bertz CT molecular complexity index is 940. The van der Waals surface area contributed by atoms with Crippen LogP contribution in [0.4, 0.5) is 0 Å². The topological polar surface area (TPSA) is 58.6 Å². The van der Waals surface area contributed by atoms with E-state index < -0.39 is 6.04 Å². The maximum atomic E-state index is 13.4. The summed E-state index contributed by atoms with van der Waals surface area (Å²) in [5, 5.41) is 3.14. The maximum absolute atomic E-state index is 13.4. The molecule has 0 aromatic heterocycles. The Morgan fingerprint density at radius 3 is 2.33 bits per heavy atom. The summed E-state index contributed by atoms with van der Waals surface area (Å²) >= 11 is 0. The summed E-state index contributed by atoms with van der Waals surface area (Å²) in [6.07, 6.45) is 4.31.